The molecule has 2 aliphatic rings. The van der Waals surface area contributed by atoms with Crippen LogP contribution in [0.5, 0.6) is 0 Å². The minimum atomic E-state index is -3.51. The lowest BCUT2D eigenvalue weighted by atomic mass is 10.1. The molecule has 0 aliphatic carbocycles. The van der Waals surface area contributed by atoms with Gasteiger partial charge in [-0.3, -0.25) is 0 Å². The Hall–Kier alpha value is -0.590. The van der Waals surface area contributed by atoms with Crippen LogP contribution in [0.2, 0.25) is 0 Å². The molecule has 0 amide bonds. The Bertz CT molecular complexity index is 633. The number of nitrogens with zero attached hydrogens (tertiary/aromatic N) is 1. The van der Waals surface area contributed by atoms with Gasteiger partial charge in [-0.25, -0.2) is 12.8 Å². The highest BCUT2D eigenvalue weighted by Gasteiger charge is 2.46. The number of piperidine rings is 1. The molecule has 3 atom stereocenters. The van der Waals surface area contributed by atoms with Gasteiger partial charge in [-0.1, -0.05) is 0 Å². The maximum Gasteiger partial charge on any atom is 0.243 e. The first-order valence-corrected chi connectivity index (χ1v) is 9.98. The molecule has 0 radical (unpaired) electrons. The molecule has 2 aliphatic heterocycles. The van der Waals surface area contributed by atoms with Crippen molar-refractivity contribution in [3.05, 3.63) is 29.6 Å². The first kappa shape index (κ1) is 15.3. The van der Waals surface area contributed by atoms with Gasteiger partial charge in [-0.05, 0) is 62.6 Å². The van der Waals surface area contributed by atoms with Gasteiger partial charge < -0.3 is 0 Å². The van der Waals surface area contributed by atoms with Crippen molar-refractivity contribution in [2.75, 3.05) is 6.26 Å². The number of hydrogen-bond donors (Lipinski definition) is 0. The average molecular weight is 329 g/mol. The summed E-state index contributed by atoms with van der Waals surface area (Å²) in [7, 11) is -3.51. The first-order valence-electron chi connectivity index (χ1n) is 7.26. The van der Waals surface area contributed by atoms with Gasteiger partial charge in [0, 0.05) is 17.3 Å². The molecule has 2 heterocycles. The van der Waals surface area contributed by atoms with E-state index in [9.17, 15) is 12.8 Å². The molecule has 2 saturated heterocycles. The Morgan fingerprint density at radius 2 is 1.86 bits per heavy atom. The zero-order chi connectivity index (χ0) is 15.2. The number of rotatable bonds is 3. The Morgan fingerprint density at radius 3 is 2.38 bits per heavy atom. The monoisotopic (exact) mass is 329 g/mol. The average Bonchev–Trinajstić information content (AvgIpc) is 2.74. The molecule has 0 aromatic heterocycles. The molecule has 3 rings (SSSR count). The summed E-state index contributed by atoms with van der Waals surface area (Å²) < 4.78 is 40.9. The maximum absolute atomic E-state index is 13.4. The van der Waals surface area contributed by atoms with Crippen molar-refractivity contribution in [1.82, 2.24) is 4.31 Å². The molecule has 1 aromatic rings. The SMILES string of the molecule is CSC1C[C@H]2CC[C@@H](C1)N2S(=O)(=O)c1ccc(F)c(C)c1. The van der Waals surface area contributed by atoms with E-state index >= 15 is 0 Å². The van der Waals surface area contributed by atoms with Crippen LogP contribution in [0.1, 0.15) is 31.2 Å². The van der Waals surface area contributed by atoms with Crippen LogP contribution in [0.3, 0.4) is 0 Å². The van der Waals surface area contributed by atoms with Crippen molar-refractivity contribution >= 4 is 21.8 Å². The fraction of sp³-hybridized carbons (Fsp3) is 0.600. The molecule has 3 nitrogen and oxygen atoms in total. The normalized spacial score (nSPS) is 29.8. The molecular formula is C15H20FNO2S2. The third-order valence-electron chi connectivity index (χ3n) is 4.66. The largest absolute Gasteiger partial charge is 0.243 e. The number of thioether (sulfide) groups is 1. The maximum atomic E-state index is 13.4. The molecule has 116 valence electrons. The lowest BCUT2D eigenvalue weighted by Gasteiger charge is -2.37. The van der Waals surface area contributed by atoms with Crippen molar-refractivity contribution in [3.8, 4) is 0 Å². The van der Waals surface area contributed by atoms with Crippen LogP contribution in [0.4, 0.5) is 4.39 Å². The summed E-state index contributed by atoms with van der Waals surface area (Å²) in [5, 5.41) is 0.559. The molecule has 2 bridgehead atoms. The topological polar surface area (TPSA) is 37.4 Å². The zero-order valence-corrected chi connectivity index (χ0v) is 13.9. The van der Waals surface area contributed by atoms with Crippen LogP contribution in [0.25, 0.3) is 0 Å². The zero-order valence-electron chi connectivity index (χ0n) is 12.3. The van der Waals surface area contributed by atoms with E-state index in [1.54, 1.807) is 11.2 Å². The quantitative estimate of drug-likeness (QED) is 0.855. The summed E-state index contributed by atoms with van der Waals surface area (Å²) in [6.45, 7) is 1.60. The van der Waals surface area contributed by atoms with Crippen molar-refractivity contribution < 1.29 is 12.8 Å². The predicted molar refractivity (Wildman–Crippen MR) is 83.5 cm³/mol. The second-order valence-electron chi connectivity index (χ2n) is 5.96. The van der Waals surface area contributed by atoms with E-state index in [1.165, 1.54) is 18.2 Å². The van der Waals surface area contributed by atoms with Crippen molar-refractivity contribution in [2.24, 2.45) is 0 Å². The molecular weight excluding hydrogens is 309 g/mol. The molecule has 0 spiro atoms. The van der Waals surface area contributed by atoms with Gasteiger partial charge in [0.2, 0.25) is 10.0 Å². The minimum absolute atomic E-state index is 0.108. The van der Waals surface area contributed by atoms with Gasteiger partial charge in [0.1, 0.15) is 5.82 Å². The van der Waals surface area contributed by atoms with Crippen LogP contribution in [-0.2, 0) is 10.0 Å². The summed E-state index contributed by atoms with van der Waals surface area (Å²) in [5.41, 5.74) is 0.377. The predicted octanol–water partition coefficient (Wildman–Crippen LogP) is 3.18. The summed E-state index contributed by atoms with van der Waals surface area (Å²) in [6, 6.07) is 4.30. The molecule has 21 heavy (non-hydrogen) atoms. The van der Waals surface area contributed by atoms with Gasteiger partial charge in [0.05, 0.1) is 4.90 Å². The van der Waals surface area contributed by atoms with Crippen molar-refractivity contribution in [1.29, 1.82) is 0 Å². The first-order chi connectivity index (χ1) is 9.93. The summed E-state index contributed by atoms with van der Waals surface area (Å²) in [6.07, 6.45) is 5.84. The fourth-order valence-electron chi connectivity index (χ4n) is 3.57. The Kier molecular flexibility index (Phi) is 4.05. The number of sulfonamides is 1. The molecule has 1 aromatic carbocycles. The van der Waals surface area contributed by atoms with E-state index in [0.717, 1.165) is 25.7 Å². The lowest BCUT2D eigenvalue weighted by molar-refractivity contribution is 0.253. The van der Waals surface area contributed by atoms with E-state index in [-0.39, 0.29) is 22.8 Å². The highest BCUT2D eigenvalue weighted by molar-refractivity contribution is 7.99. The molecule has 1 unspecified atom stereocenters. The van der Waals surface area contributed by atoms with Gasteiger partial charge in [0.25, 0.3) is 0 Å². The van der Waals surface area contributed by atoms with Gasteiger partial charge in [-0.2, -0.15) is 16.1 Å². The Labute approximate surface area is 130 Å². The van der Waals surface area contributed by atoms with E-state index in [0.29, 0.717) is 10.8 Å². The van der Waals surface area contributed by atoms with E-state index in [2.05, 4.69) is 6.26 Å². The van der Waals surface area contributed by atoms with Gasteiger partial charge in [0.15, 0.2) is 0 Å². The van der Waals surface area contributed by atoms with Gasteiger partial charge >= 0.3 is 0 Å². The fourth-order valence-corrected chi connectivity index (χ4v) is 6.37. The van der Waals surface area contributed by atoms with E-state index in [4.69, 9.17) is 0 Å². The standard InChI is InChI=1S/C15H20FNO2S2/c1-10-7-14(5-6-15(10)16)21(18,19)17-11-3-4-12(17)9-13(8-11)20-2/h5-7,11-13H,3-4,8-9H2,1-2H3/t11-,12+,13?. The van der Waals surface area contributed by atoms with Crippen molar-refractivity contribution in [3.63, 3.8) is 0 Å². The smallest absolute Gasteiger partial charge is 0.207 e. The number of fused-ring (bicyclic) bond motifs is 2. The Balaban J connectivity index is 1.94. The number of aryl methyl sites for hydroxylation is 1. The summed E-state index contributed by atoms with van der Waals surface area (Å²) >= 11 is 1.84. The second kappa shape index (κ2) is 5.56. The molecule has 0 N–H and O–H groups in total. The van der Waals surface area contributed by atoms with E-state index in [1.807, 2.05) is 11.8 Å². The van der Waals surface area contributed by atoms with Crippen LogP contribution in [0.15, 0.2) is 23.1 Å². The Morgan fingerprint density at radius 1 is 1.24 bits per heavy atom. The van der Waals surface area contributed by atoms with Crippen LogP contribution >= 0.6 is 11.8 Å². The van der Waals surface area contributed by atoms with E-state index < -0.39 is 10.0 Å². The summed E-state index contributed by atoms with van der Waals surface area (Å²) in [5.74, 6) is -0.363. The van der Waals surface area contributed by atoms with Crippen LogP contribution in [0, 0.1) is 12.7 Å². The third kappa shape index (κ3) is 2.62. The third-order valence-corrected chi connectivity index (χ3v) is 7.71. The number of benzene rings is 1. The molecule has 0 saturated carbocycles. The van der Waals surface area contributed by atoms with Crippen LogP contribution in [-0.4, -0.2) is 36.3 Å². The number of halogens is 1. The summed E-state index contributed by atoms with van der Waals surface area (Å²) in [4.78, 5) is 0.223. The van der Waals surface area contributed by atoms with Crippen molar-refractivity contribution in [2.45, 2.75) is 54.8 Å². The minimum Gasteiger partial charge on any atom is -0.207 e. The lowest BCUT2D eigenvalue weighted by Crippen LogP contribution is -2.47. The highest BCUT2D eigenvalue weighted by Crippen LogP contribution is 2.42. The van der Waals surface area contributed by atoms with Crippen LogP contribution < -0.4 is 0 Å². The molecule has 2 fully saturated rings. The molecule has 6 heteroatoms. The van der Waals surface area contributed by atoms with Gasteiger partial charge in [-0.15, -0.1) is 0 Å². The second-order valence-corrected chi connectivity index (χ2v) is 8.94. The highest BCUT2D eigenvalue weighted by atomic mass is 32.2. The number of hydrogen-bond acceptors (Lipinski definition) is 3.